The average Bonchev–Trinajstić information content (AvgIpc) is 2.79. The fourth-order valence-electron chi connectivity index (χ4n) is 4.79. The van der Waals surface area contributed by atoms with Crippen LogP contribution in [0.25, 0.3) is 0 Å². The number of nitrogens with zero attached hydrogens (tertiary/aromatic N) is 3. The van der Waals surface area contributed by atoms with Gasteiger partial charge in [-0.15, -0.1) is 0 Å². The van der Waals surface area contributed by atoms with Gasteiger partial charge in [-0.25, -0.2) is 14.6 Å². The normalized spacial score (nSPS) is 17.7. The van der Waals surface area contributed by atoms with Crippen molar-refractivity contribution in [3.63, 3.8) is 0 Å². The molecule has 0 N–H and O–H groups in total. The lowest BCUT2D eigenvalue weighted by Gasteiger charge is -2.48. The van der Waals surface area contributed by atoms with Crippen LogP contribution < -0.4 is 14.7 Å². The molecule has 5 rings (SSSR count). The van der Waals surface area contributed by atoms with E-state index in [9.17, 15) is 14.4 Å². The van der Waals surface area contributed by atoms with Crippen LogP contribution in [0.3, 0.4) is 0 Å². The number of para-hydroxylation sites is 2. The van der Waals surface area contributed by atoms with Gasteiger partial charge in [-0.05, 0) is 49.2 Å². The number of aryl methyl sites for hydroxylation is 1. The van der Waals surface area contributed by atoms with Gasteiger partial charge in [0.25, 0.3) is 11.8 Å². The molecule has 6 nitrogen and oxygen atoms in total. The molecule has 0 saturated carbocycles. The Hall–Kier alpha value is -3.93. The van der Waals surface area contributed by atoms with Gasteiger partial charge in [0.2, 0.25) is 0 Å². The zero-order chi connectivity index (χ0) is 22.5. The Balaban J connectivity index is 1.70. The smallest absolute Gasteiger partial charge is 0.342 e. The Morgan fingerprint density at radius 1 is 0.750 bits per heavy atom. The van der Waals surface area contributed by atoms with Gasteiger partial charge in [0.1, 0.15) is 0 Å². The van der Waals surface area contributed by atoms with Crippen LogP contribution in [0.1, 0.15) is 11.1 Å². The highest BCUT2D eigenvalue weighted by Crippen LogP contribution is 2.43. The van der Waals surface area contributed by atoms with E-state index in [-0.39, 0.29) is 13.0 Å². The van der Waals surface area contributed by atoms with E-state index < -0.39 is 23.3 Å². The molecular formula is C26H23N3O3. The molecule has 0 bridgehead atoms. The summed E-state index contributed by atoms with van der Waals surface area (Å²) in [6.07, 6.45) is 0.242. The summed E-state index contributed by atoms with van der Waals surface area (Å²) >= 11 is 0. The van der Waals surface area contributed by atoms with Gasteiger partial charge in [-0.2, -0.15) is 0 Å². The molecule has 1 saturated heterocycles. The number of carbonyl (C=O) groups is 3. The van der Waals surface area contributed by atoms with Crippen molar-refractivity contribution in [3.8, 4) is 0 Å². The Labute approximate surface area is 186 Å². The van der Waals surface area contributed by atoms with E-state index in [1.807, 2.05) is 49.2 Å². The quantitative estimate of drug-likeness (QED) is 0.578. The van der Waals surface area contributed by atoms with Crippen molar-refractivity contribution in [3.05, 3.63) is 90.0 Å². The highest BCUT2D eigenvalue weighted by atomic mass is 16.2. The predicted molar refractivity (Wildman–Crippen MR) is 124 cm³/mol. The van der Waals surface area contributed by atoms with Crippen molar-refractivity contribution in [1.82, 2.24) is 0 Å². The number of anilines is 3. The topological polar surface area (TPSA) is 60.9 Å². The van der Waals surface area contributed by atoms with E-state index in [4.69, 9.17) is 0 Å². The molecule has 0 radical (unpaired) electrons. The van der Waals surface area contributed by atoms with E-state index >= 15 is 0 Å². The van der Waals surface area contributed by atoms with Gasteiger partial charge in [-0.3, -0.25) is 9.59 Å². The Morgan fingerprint density at radius 2 is 1.28 bits per heavy atom. The third kappa shape index (κ3) is 2.91. The maximum atomic E-state index is 14.0. The van der Waals surface area contributed by atoms with Crippen molar-refractivity contribution < 1.29 is 14.4 Å². The summed E-state index contributed by atoms with van der Waals surface area (Å²) in [4.78, 5) is 45.7. The predicted octanol–water partition coefficient (Wildman–Crippen LogP) is 4.17. The first kappa shape index (κ1) is 20.0. The SMILES string of the molecule is Cc1ccc2c(c1)CC1(CN2C)C(=O)N(c2ccccc2)C(=O)N(c2ccccc2)C1=O. The van der Waals surface area contributed by atoms with E-state index in [2.05, 4.69) is 0 Å². The second-order valence-corrected chi connectivity index (χ2v) is 8.48. The number of imide groups is 2. The first-order valence-corrected chi connectivity index (χ1v) is 10.6. The Bertz CT molecular complexity index is 1160. The number of fused-ring (bicyclic) bond motifs is 1. The first-order valence-electron chi connectivity index (χ1n) is 10.6. The molecule has 4 amide bonds. The zero-order valence-corrected chi connectivity index (χ0v) is 18.0. The lowest BCUT2D eigenvalue weighted by atomic mass is 9.73. The third-order valence-electron chi connectivity index (χ3n) is 6.28. The van der Waals surface area contributed by atoms with Crippen LogP contribution in [-0.4, -0.2) is 31.4 Å². The minimum Gasteiger partial charge on any atom is -0.373 e. The molecule has 0 aromatic heterocycles. The van der Waals surface area contributed by atoms with Crippen LogP contribution >= 0.6 is 0 Å². The first-order chi connectivity index (χ1) is 15.4. The second kappa shape index (κ2) is 7.34. The zero-order valence-electron chi connectivity index (χ0n) is 18.0. The molecule has 160 valence electrons. The molecule has 2 aliphatic heterocycles. The van der Waals surface area contributed by atoms with E-state index in [1.54, 1.807) is 48.5 Å². The molecule has 3 aromatic rings. The Kier molecular flexibility index (Phi) is 4.59. The summed E-state index contributed by atoms with van der Waals surface area (Å²) in [7, 11) is 1.88. The molecule has 6 heteroatoms. The van der Waals surface area contributed by atoms with Gasteiger partial charge in [-0.1, -0.05) is 54.1 Å². The molecule has 2 heterocycles. The number of amides is 4. The fraction of sp³-hybridized carbons (Fsp3) is 0.192. The maximum absolute atomic E-state index is 14.0. The molecule has 0 aliphatic carbocycles. The van der Waals surface area contributed by atoms with Gasteiger partial charge in [0.15, 0.2) is 5.41 Å². The molecule has 0 atom stereocenters. The number of hydrogen-bond donors (Lipinski definition) is 0. The average molecular weight is 425 g/mol. The van der Waals surface area contributed by atoms with Crippen molar-refractivity contribution >= 4 is 34.9 Å². The van der Waals surface area contributed by atoms with Crippen LogP contribution in [0.4, 0.5) is 21.9 Å². The van der Waals surface area contributed by atoms with Crippen molar-refractivity contribution in [2.75, 3.05) is 28.3 Å². The van der Waals surface area contributed by atoms with Crippen LogP contribution in [0.2, 0.25) is 0 Å². The monoisotopic (exact) mass is 425 g/mol. The largest absolute Gasteiger partial charge is 0.373 e. The van der Waals surface area contributed by atoms with Crippen LogP contribution in [0, 0.1) is 12.3 Å². The molecule has 1 fully saturated rings. The van der Waals surface area contributed by atoms with E-state index in [0.29, 0.717) is 11.4 Å². The highest BCUT2D eigenvalue weighted by Gasteiger charge is 2.60. The second-order valence-electron chi connectivity index (χ2n) is 8.48. The lowest BCUT2D eigenvalue weighted by Crippen LogP contribution is -2.70. The molecule has 3 aromatic carbocycles. The summed E-state index contributed by atoms with van der Waals surface area (Å²) in [6.45, 7) is 2.18. The standard InChI is InChI=1S/C26H23N3O3/c1-18-13-14-22-19(15-18)16-26(17-27(22)2)23(30)28(20-9-5-3-6-10-20)25(32)29(24(26)31)21-11-7-4-8-12-21/h3-15H,16-17H2,1-2H3. The fourth-order valence-corrected chi connectivity index (χ4v) is 4.79. The molecule has 2 aliphatic rings. The minimum atomic E-state index is -1.41. The Morgan fingerprint density at radius 3 is 1.81 bits per heavy atom. The number of carbonyl (C=O) groups excluding carboxylic acids is 3. The van der Waals surface area contributed by atoms with Crippen LogP contribution in [-0.2, 0) is 16.0 Å². The van der Waals surface area contributed by atoms with E-state index in [1.165, 1.54) is 0 Å². The highest BCUT2D eigenvalue weighted by molar-refractivity contribution is 6.38. The summed E-state index contributed by atoms with van der Waals surface area (Å²) < 4.78 is 0. The van der Waals surface area contributed by atoms with Gasteiger partial charge >= 0.3 is 6.03 Å². The van der Waals surface area contributed by atoms with Crippen molar-refractivity contribution in [2.24, 2.45) is 5.41 Å². The number of urea groups is 1. The lowest BCUT2D eigenvalue weighted by molar-refractivity contribution is -0.140. The number of rotatable bonds is 2. The maximum Gasteiger partial charge on any atom is 0.342 e. The summed E-state index contributed by atoms with van der Waals surface area (Å²) in [5.41, 5.74) is 2.48. The molecule has 1 spiro atoms. The summed E-state index contributed by atoms with van der Waals surface area (Å²) in [5, 5.41) is 0. The van der Waals surface area contributed by atoms with Crippen molar-refractivity contribution in [1.29, 1.82) is 0 Å². The summed E-state index contributed by atoms with van der Waals surface area (Å²) in [5.74, 6) is -0.963. The van der Waals surface area contributed by atoms with Gasteiger partial charge < -0.3 is 4.90 Å². The number of benzene rings is 3. The van der Waals surface area contributed by atoms with Crippen molar-refractivity contribution in [2.45, 2.75) is 13.3 Å². The molecule has 32 heavy (non-hydrogen) atoms. The third-order valence-corrected chi connectivity index (χ3v) is 6.28. The van der Waals surface area contributed by atoms with Gasteiger partial charge in [0.05, 0.1) is 11.4 Å². The van der Waals surface area contributed by atoms with Gasteiger partial charge in [0, 0.05) is 19.3 Å². The van der Waals surface area contributed by atoms with E-state index in [0.717, 1.165) is 26.6 Å². The molecule has 0 unspecified atom stereocenters. The number of hydrogen-bond acceptors (Lipinski definition) is 4. The minimum absolute atomic E-state index is 0.195. The summed E-state index contributed by atoms with van der Waals surface area (Å²) in [6, 6.07) is 23.0. The number of barbiturate groups is 1. The molecular weight excluding hydrogens is 402 g/mol. The van der Waals surface area contributed by atoms with Crippen LogP contribution in [0.5, 0.6) is 0 Å². The van der Waals surface area contributed by atoms with Crippen LogP contribution in [0.15, 0.2) is 78.9 Å².